The van der Waals surface area contributed by atoms with Crippen molar-refractivity contribution in [2.75, 3.05) is 0 Å². The highest BCUT2D eigenvalue weighted by molar-refractivity contribution is 7.13. The minimum Gasteiger partial charge on any atom is -0.481 e. The van der Waals surface area contributed by atoms with Crippen molar-refractivity contribution < 1.29 is 14.4 Å². The Morgan fingerprint density at radius 1 is 1.42 bits per heavy atom. The Hall–Kier alpha value is -2.02. The number of allylic oxidation sites excluding steroid dienone is 2. The van der Waals surface area contributed by atoms with E-state index in [2.05, 4.69) is 15.1 Å². The number of carbonyl (C=O) groups is 1. The van der Waals surface area contributed by atoms with Gasteiger partial charge in [-0.05, 0) is 12.8 Å². The molecule has 19 heavy (non-hydrogen) atoms. The Kier molecular flexibility index (Phi) is 3.12. The largest absolute Gasteiger partial charge is 0.481 e. The first-order valence-electron chi connectivity index (χ1n) is 5.86. The van der Waals surface area contributed by atoms with Crippen LogP contribution in [-0.2, 0) is 4.79 Å². The molecule has 6 nitrogen and oxygen atoms in total. The van der Waals surface area contributed by atoms with Gasteiger partial charge >= 0.3 is 5.97 Å². The Bertz CT molecular complexity index is 606. The molecule has 98 valence electrons. The fourth-order valence-electron chi connectivity index (χ4n) is 2.17. The minimum absolute atomic E-state index is 0.253. The molecule has 2 aromatic heterocycles. The lowest BCUT2D eigenvalue weighted by Gasteiger charge is -2.21. The monoisotopic (exact) mass is 277 g/mol. The molecule has 2 heterocycles. The van der Waals surface area contributed by atoms with Crippen LogP contribution < -0.4 is 0 Å². The summed E-state index contributed by atoms with van der Waals surface area (Å²) >= 11 is 1.42. The SMILES string of the molecule is O=C(O)[C@H]1CC=CC[C@H]1c1nc(-c2cncs2)no1. The number of nitrogens with zero attached hydrogens (tertiary/aromatic N) is 3. The second-order valence-electron chi connectivity index (χ2n) is 4.32. The standard InChI is InChI=1S/C12H11N3O3S/c16-12(17)8-4-2-1-3-7(8)11-14-10(15-18-11)9-5-13-6-19-9/h1-2,5-8H,3-4H2,(H,16,17)/t7-,8+/m1/s1. The number of aromatic nitrogens is 3. The van der Waals surface area contributed by atoms with Crippen molar-refractivity contribution >= 4 is 17.3 Å². The smallest absolute Gasteiger partial charge is 0.307 e. The quantitative estimate of drug-likeness (QED) is 0.866. The van der Waals surface area contributed by atoms with Gasteiger partial charge in [0, 0.05) is 6.20 Å². The molecule has 0 bridgehead atoms. The molecule has 0 amide bonds. The van der Waals surface area contributed by atoms with Gasteiger partial charge in [0.1, 0.15) is 0 Å². The van der Waals surface area contributed by atoms with E-state index in [1.54, 1.807) is 11.7 Å². The van der Waals surface area contributed by atoms with Crippen LogP contribution in [0.5, 0.6) is 0 Å². The van der Waals surface area contributed by atoms with Crippen molar-refractivity contribution in [1.82, 2.24) is 15.1 Å². The molecule has 3 rings (SSSR count). The molecule has 0 aromatic carbocycles. The van der Waals surface area contributed by atoms with Gasteiger partial charge in [-0.1, -0.05) is 17.3 Å². The molecular weight excluding hydrogens is 266 g/mol. The summed E-state index contributed by atoms with van der Waals surface area (Å²) in [5.74, 6) is -0.723. The third-order valence-corrected chi connectivity index (χ3v) is 3.93. The van der Waals surface area contributed by atoms with Crippen LogP contribution in [0, 0.1) is 5.92 Å². The van der Waals surface area contributed by atoms with Crippen LogP contribution in [0.4, 0.5) is 0 Å². The van der Waals surface area contributed by atoms with Crippen LogP contribution in [0.3, 0.4) is 0 Å². The number of carboxylic acid groups (broad SMARTS) is 1. The maximum atomic E-state index is 11.2. The molecule has 0 saturated heterocycles. The summed E-state index contributed by atoms with van der Waals surface area (Å²) in [6.07, 6.45) is 6.62. The molecule has 2 atom stereocenters. The third-order valence-electron chi connectivity index (χ3n) is 3.16. The normalized spacial score (nSPS) is 22.5. The minimum atomic E-state index is -0.827. The van der Waals surface area contributed by atoms with Crippen molar-refractivity contribution in [2.45, 2.75) is 18.8 Å². The van der Waals surface area contributed by atoms with Gasteiger partial charge in [-0.15, -0.1) is 11.3 Å². The average Bonchev–Trinajstić information content (AvgIpc) is 3.09. The first kappa shape index (κ1) is 12.0. The van der Waals surface area contributed by atoms with Gasteiger partial charge in [0.25, 0.3) is 0 Å². The third kappa shape index (κ3) is 2.28. The molecule has 0 aliphatic heterocycles. The molecular formula is C12H11N3O3S. The van der Waals surface area contributed by atoms with Crippen LogP contribution in [0.2, 0.25) is 0 Å². The number of rotatable bonds is 3. The van der Waals surface area contributed by atoms with Crippen LogP contribution in [0.1, 0.15) is 24.7 Å². The van der Waals surface area contributed by atoms with E-state index in [-0.39, 0.29) is 5.92 Å². The zero-order valence-corrected chi connectivity index (χ0v) is 10.7. The van der Waals surface area contributed by atoms with E-state index in [1.807, 2.05) is 12.2 Å². The summed E-state index contributed by atoms with van der Waals surface area (Å²) in [6.45, 7) is 0. The predicted molar refractivity (Wildman–Crippen MR) is 67.6 cm³/mol. The molecule has 0 saturated carbocycles. The van der Waals surface area contributed by atoms with Crippen LogP contribution in [0.15, 0.2) is 28.4 Å². The van der Waals surface area contributed by atoms with Gasteiger partial charge < -0.3 is 9.63 Å². The van der Waals surface area contributed by atoms with Gasteiger partial charge in [-0.2, -0.15) is 4.98 Å². The highest BCUT2D eigenvalue weighted by Crippen LogP contribution is 2.34. The van der Waals surface area contributed by atoms with Gasteiger partial charge in [-0.3, -0.25) is 9.78 Å². The molecule has 0 unspecified atom stereocenters. The van der Waals surface area contributed by atoms with E-state index < -0.39 is 11.9 Å². The van der Waals surface area contributed by atoms with Crippen molar-refractivity contribution in [3.8, 4) is 10.7 Å². The van der Waals surface area contributed by atoms with Crippen molar-refractivity contribution in [3.05, 3.63) is 29.8 Å². The fourth-order valence-corrected chi connectivity index (χ4v) is 2.72. The second-order valence-corrected chi connectivity index (χ2v) is 5.20. The lowest BCUT2D eigenvalue weighted by molar-refractivity contribution is -0.142. The fraction of sp³-hybridized carbons (Fsp3) is 0.333. The van der Waals surface area contributed by atoms with E-state index >= 15 is 0 Å². The lowest BCUT2D eigenvalue weighted by atomic mass is 9.83. The first-order valence-corrected chi connectivity index (χ1v) is 6.74. The Balaban J connectivity index is 1.89. The highest BCUT2D eigenvalue weighted by Gasteiger charge is 2.34. The van der Waals surface area contributed by atoms with Crippen molar-refractivity contribution in [1.29, 1.82) is 0 Å². The molecule has 7 heteroatoms. The van der Waals surface area contributed by atoms with E-state index in [9.17, 15) is 9.90 Å². The summed E-state index contributed by atoms with van der Waals surface area (Å²) in [6, 6.07) is 0. The topological polar surface area (TPSA) is 89.1 Å². The average molecular weight is 277 g/mol. The molecule has 1 aliphatic rings. The zero-order chi connectivity index (χ0) is 13.2. The van der Waals surface area contributed by atoms with E-state index in [0.717, 1.165) is 4.88 Å². The summed E-state index contributed by atoms with van der Waals surface area (Å²) in [5, 5.41) is 13.1. The van der Waals surface area contributed by atoms with Crippen LogP contribution in [-0.4, -0.2) is 26.2 Å². The second kappa shape index (κ2) is 4.93. The van der Waals surface area contributed by atoms with Crippen LogP contribution in [0.25, 0.3) is 10.7 Å². The van der Waals surface area contributed by atoms with Gasteiger partial charge in [0.05, 0.1) is 22.2 Å². The number of aliphatic carboxylic acids is 1. The van der Waals surface area contributed by atoms with Crippen molar-refractivity contribution in [3.63, 3.8) is 0 Å². The number of hydrogen-bond acceptors (Lipinski definition) is 6. The maximum Gasteiger partial charge on any atom is 0.307 e. The Morgan fingerprint density at radius 3 is 3.00 bits per heavy atom. The predicted octanol–water partition coefficient (Wildman–Crippen LogP) is 2.33. The van der Waals surface area contributed by atoms with E-state index in [4.69, 9.17) is 4.52 Å². The molecule has 2 aromatic rings. The summed E-state index contributed by atoms with van der Waals surface area (Å²) in [7, 11) is 0. The number of carboxylic acids is 1. The van der Waals surface area contributed by atoms with E-state index in [1.165, 1.54) is 11.3 Å². The van der Waals surface area contributed by atoms with Gasteiger partial charge in [0.2, 0.25) is 11.7 Å². The lowest BCUT2D eigenvalue weighted by Crippen LogP contribution is -2.23. The van der Waals surface area contributed by atoms with Gasteiger partial charge in [0.15, 0.2) is 0 Å². The maximum absolute atomic E-state index is 11.2. The summed E-state index contributed by atoms with van der Waals surface area (Å²) < 4.78 is 5.23. The Labute approximate surface area is 112 Å². The molecule has 0 radical (unpaired) electrons. The first-order chi connectivity index (χ1) is 9.25. The molecule has 1 aliphatic carbocycles. The highest BCUT2D eigenvalue weighted by atomic mass is 32.1. The number of hydrogen-bond donors (Lipinski definition) is 1. The molecule has 1 N–H and O–H groups in total. The Morgan fingerprint density at radius 2 is 2.26 bits per heavy atom. The van der Waals surface area contributed by atoms with Crippen molar-refractivity contribution in [2.24, 2.45) is 5.92 Å². The van der Waals surface area contributed by atoms with E-state index in [0.29, 0.717) is 24.6 Å². The number of thiazole rings is 1. The summed E-state index contributed by atoms with van der Waals surface area (Å²) in [5.41, 5.74) is 1.69. The van der Waals surface area contributed by atoms with Crippen LogP contribution >= 0.6 is 11.3 Å². The molecule has 0 spiro atoms. The molecule has 0 fully saturated rings. The zero-order valence-electron chi connectivity index (χ0n) is 9.89. The van der Waals surface area contributed by atoms with Gasteiger partial charge in [-0.25, -0.2) is 0 Å². The summed E-state index contributed by atoms with van der Waals surface area (Å²) in [4.78, 5) is 20.3.